The summed E-state index contributed by atoms with van der Waals surface area (Å²) in [6.07, 6.45) is 3.74. The van der Waals surface area contributed by atoms with E-state index in [4.69, 9.17) is 19.9 Å². The second kappa shape index (κ2) is 14.7. The van der Waals surface area contributed by atoms with E-state index in [-0.39, 0.29) is 0 Å². The Hall–Kier alpha value is -7.37. The number of benzene rings is 5. The number of nitrogens with zero attached hydrogens (tertiary/aromatic N) is 5. The molecule has 0 saturated heterocycles. The maximum absolute atomic E-state index is 5.16. The molecule has 9 rings (SSSR count). The van der Waals surface area contributed by atoms with Crippen molar-refractivity contribution in [3.63, 3.8) is 0 Å². The lowest BCUT2D eigenvalue weighted by Crippen LogP contribution is -1.97. The van der Waals surface area contributed by atoms with Crippen molar-refractivity contribution in [2.45, 2.75) is 0 Å². The van der Waals surface area contributed by atoms with Gasteiger partial charge >= 0.3 is 0 Å². The first-order chi connectivity index (χ1) is 26.8. The largest absolute Gasteiger partial charge is 0.255 e. The minimum absolute atomic E-state index is 0.686. The third-order valence-electron chi connectivity index (χ3n) is 9.44. The Morgan fingerprint density at radius 2 is 0.796 bits per heavy atom. The number of aromatic nitrogens is 5. The van der Waals surface area contributed by atoms with Crippen molar-refractivity contribution < 1.29 is 0 Å². The van der Waals surface area contributed by atoms with Crippen LogP contribution in [0.5, 0.6) is 0 Å². The van der Waals surface area contributed by atoms with E-state index in [1.807, 2.05) is 79.0 Å². The zero-order valence-electron chi connectivity index (χ0n) is 29.3. The van der Waals surface area contributed by atoms with E-state index in [0.29, 0.717) is 5.82 Å². The van der Waals surface area contributed by atoms with Crippen LogP contribution in [0.1, 0.15) is 0 Å². The zero-order valence-corrected chi connectivity index (χ0v) is 29.3. The summed E-state index contributed by atoms with van der Waals surface area (Å²) in [6.45, 7) is 0. The van der Waals surface area contributed by atoms with Crippen molar-refractivity contribution in [1.29, 1.82) is 0 Å². The lowest BCUT2D eigenvalue weighted by Gasteiger charge is -2.16. The minimum atomic E-state index is 0.686. The van der Waals surface area contributed by atoms with Crippen LogP contribution >= 0.6 is 0 Å². The van der Waals surface area contributed by atoms with Crippen molar-refractivity contribution in [1.82, 2.24) is 24.9 Å². The highest BCUT2D eigenvalue weighted by Crippen LogP contribution is 2.39. The van der Waals surface area contributed by atoms with Gasteiger partial charge in [0, 0.05) is 34.6 Å². The van der Waals surface area contributed by atoms with Gasteiger partial charge < -0.3 is 0 Å². The van der Waals surface area contributed by atoms with Crippen molar-refractivity contribution in [3.8, 4) is 90.1 Å². The Morgan fingerprint density at radius 3 is 1.43 bits per heavy atom. The Bertz CT molecular complexity index is 2560. The van der Waals surface area contributed by atoms with Crippen LogP contribution in [0, 0.1) is 0 Å². The molecule has 54 heavy (non-hydrogen) atoms. The van der Waals surface area contributed by atoms with Gasteiger partial charge in [-0.1, -0.05) is 152 Å². The second-order valence-electron chi connectivity index (χ2n) is 12.9. The molecule has 0 N–H and O–H groups in total. The average Bonchev–Trinajstić information content (AvgIpc) is 3.27. The van der Waals surface area contributed by atoms with E-state index in [1.54, 1.807) is 6.20 Å². The van der Waals surface area contributed by atoms with Gasteiger partial charge in [-0.25, -0.2) is 15.0 Å². The molecule has 0 unspecified atom stereocenters. The van der Waals surface area contributed by atoms with E-state index >= 15 is 0 Å². The number of hydrogen-bond acceptors (Lipinski definition) is 5. The molecule has 0 aliphatic carbocycles. The Labute approximate surface area is 314 Å². The first-order valence-corrected chi connectivity index (χ1v) is 17.9. The highest BCUT2D eigenvalue weighted by atomic mass is 14.9. The SMILES string of the molecule is c1ccc(-c2cc(-c3ccccn3)nc(-c3ccc(-c4ccccc4-c4ccccc4-c4cc(-c5ccccc5)nc(-c5ccccc5)n4)cn3)c2)cc1. The van der Waals surface area contributed by atoms with Gasteiger partial charge in [0.05, 0.1) is 34.2 Å². The smallest absolute Gasteiger partial charge is 0.160 e. The highest BCUT2D eigenvalue weighted by molar-refractivity contribution is 5.91. The summed E-state index contributed by atoms with van der Waals surface area (Å²) in [4.78, 5) is 24.8. The van der Waals surface area contributed by atoms with Gasteiger partial charge in [-0.3, -0.25) is 9.97 Å². The molecule has 0 aliphatic rings. The van der Waals surface area contributed by atoms with Crippen LogP contribution in [0.15, 0.2) is 200 Å². The quantitative estimate of drug-likeness (QED) is 0.159. The van der Waals surface area contributed by atoms with E-state index < -0.39 is 0 Å². The van der Waals surface area contributed by atoms with Crippen molar-refractivity contribution in [2.75, 3.05) is 0 Å². The van der Waals surface area contributed by atoms with Gasteiger partial charge in [0.25, 0.3) is 0 Å². The van der Waals surface area contributed by atoms with Crippen LogP contribution in [0.2, 0.25) is 0 Å². The Morgan fingerprint density at radius 1 is 0.259 bits per heavy atom. The van der Waals surface area contributed by atoms with Crippen LogP contribution in [-0.4, -0.2) is 24.9 Å². The molecule has 0 radical (unpaired) electrons. The molecule has 0 aliphatic heterocycles. The van der Waals surface area contributed by atoms with Gasteiger partial charge in [0.2, 0.25) is 0 Å². The Kier molecular flexibility index (Phi) is 8.86. The highest BCUT2D eigenvalue weighted by Gasteiger charge is 2.17. The molecule has 5 nitrogen and oxygen atoms in total. The lowest BCUT2D eigenvalue weighted by atomic mass is 9.91. The molecule has 0 spiro atoms. The monoisotopic (exact) mass is 691 g/mol. The van der Waals surface area contributed by atoms with Crippen LogP contribution < -0.4 is 0 Å². The summed E-state index contributed by atoms with van der Waals surface area (Å²) < 4.78 is 0. The van der Waals surface area contributed by atoms with Gasteiger partial charge in [-0.05, 0) is 64.2 Å². The summed E-state index contributed by atoms with van der Waals surface area (Å²) in [6, 6.07) is 64.1. The fourth-order valence-electron chi connectivity index (χ4n) is 6.78. The minimum Gasteiger partial charge on any atom is -0.255 e. The molecule has 0 saturated carbocycles. The Balaban J connectivity index is 1.12. The number of pyridine rings is 3. The molecule has 5 aromatic carbocycles. The maximum Gasteiger partial charge on any atom is 0.160 e. The molecule has 254 valence electrons. The summed E-state index contributed by atoms with van der Waals surface area (Å²) in [5.74, 6) is 0.686. The molecule has 0 atom stereocenters. The van der Waals surface area contributed by atoms with Crippen LogP contribution in [-0.2, 0) is 0 Å². The van der Waals surface area contributed by atoms with Crippen molar-refractivity contribution in [3.05, 3.63) is 200 Å². The molecule has 0 bridgehead atoms. The summed E-state index contributed by atoms with van der Waals surface area (Å²) >= 11 is 0. The van der Waals surface area contributed by atoms with Crippen LogP contribution in [0.4, 0.5) is 0 Å². The molecule has 0 amide bonds. The van der Waals surface area contributed by atoms with E-state index in [1.165, 1.54) is 0 Å². The number of rotatable bonds is 8. The van der Waals surface area contributed by atoms with Crippen molar-refractivity contribution >= 4 is 0 Å². The normalized spacial score (nSPS) is 11.0. The maximum atomic E-state index is 5.16. The van der Waals surface area contributed by atoms with E-state index in [2.05, 4.69) is 120 Å². The molecule has 0 fully saturated rings. The predicted octanol–water partition coefficient (Wildman–Crippen LogP) is 12.0. The number of hydrogen-bond donors (Lipinski definition) is 0. The molecular formula is C49H33N5. The third kappa shape index (κ3) is 6.70. The fraction of sp³-hybridized carbons (Fsp3) is 0. The summed E-state index contributed by atoms with van der Waals surface area (Å²) in [5.41, 5.74) is 14.4. The summed E-state index contributed by atoms with van der Waals surface area (Å²) in [5, 5.41) is 0. The van der Waals surface area contributed by atoms with Crippen molar-refractivity contribution in [2.24, 2.45) is 0 Å². The average molecular weight is 692 g/mol. The zero-order chi connectivity index (χ0) is 36.1. The van der Waals surface area contributed by atoms with Gasteiger partial charge in [0.1, 0.15) is 0 Å². The molecular weight excluding hydrogens is 659 g/mol. The molecule has 5 heteroatoms. The first-order valence-electron chi connectivity index (χ1n) is 17.9. The molecule has 4 aromatic heterocycles. The van der Waals surface area contributed by atoms with Crippen LogP contribution in [0.3, 0.4) is 0 Å². The van der Waals surface area contributed by atoms with Crippen LogP contribution in [0.25, 0.3) is 90.1 Å². The van der Waals surface area contributed by atoms with E-state index in [9.17, 15) is 0 Å². The third-order valence-corrected chi connectivity index (χ3v) is 9.44. The van der Waals surface area contributed by atoms with E-state index in [0.717, 1.165) is 84.2 Å². The lowest BCUT2D eigenvalue weighted by molar-refractivity contribution is 1.18. The topological polar surface area (TPSA) is 64.5 Å². The second-order valence-corrected chi connectivity index (χ2v) is 12.9. The van der Waals surface area contributed by atoms with Gasteiger partial charge in [-0.15, -0.1) is 0 Å². The molecule has 9 aromatic rings. The van der Waals surface area contributed by atoms with Gasteiger partial charge in [0.15, 0.2) is 5.82 Å². The summed E-state index contributed by atoms with van der Waals surface area (Å²) in [7, 11) is 0. The fourth-order valence-corrected chi connectivity index (χ4v) is 6.78. The standard InChI is InChI=1S/C49H33N5/c1-4-16-34(17-5-1)38-30-47(43-26-14-15-29-50-43)52-48(31-38)44-28-27-37(33-51-44)39-22-10-11-23-40(39)41-24-12-13-25-42(41)46-32-45(35-18-6-2-7-19-35)53-49(54-46)36-20-8-3-9-21-36/h1-33H. The first kappa shape index (κ1) is 32.5. The molecule has 4 heterocycles. The van der Waals surface area contributed by atoms with Gasteiger partial charge in [-0.2, -0.15) is 0 Å². The predicted molar refractivity (Wildman–Crippen MR) is 219 cm³/mol.